The monoisotopic (exact) mass is 379 g/mol. The third-order valence-electron chi connectivity index (χ3n) is 4.18. The van der Waals surface area contributed by atoms with Crippen LogP contribution in [0.15, 0.2) is 60.8 Å². The van der Waals surface area contributed by atoms with Gasteiger partial charge in [0.1, 0.15) is 18.0 Å². The Morgan fingerprint density at radius 1 is 1.04 bits per heavy atom. The number of carbonyl (C=O) groups is 2. The van der Waals surface area contributed by atoms with E-state index in [1.54, 1.807) is 18.0 Å². The Morgan fingerprint density at radius 2 is 1.75 bits per heavy atom. The quantitative estimate of drug-likeness (QED) is 0.638. The SMILES string of the molecule is COC(=O)CNC(=O)c1cn(Cc2ccccc2)nc1-c1ccc(OC)cc1. The van der Waals surface area contributed by atoms with Crippen molar-refractivity contribution in [2.75, 3.05) is 20.8 Å². The number of rotatable bonds is 7. The molecule has 1 N–H and O–H groups in total. The molecular formula is C21H21N3O4. The van der Waals surface area contributed by atoms with Gasteiger partial charge in [0.25, 0.3) is 5.91 Å². The first kappa shape index (κ1) is 19.2. The molecule has 0 saturated carbocycles. The van der Waals surface area contributed by atoms with Gasteiger partial charge in [-0.25, -0.2) is 0 Å². The molecule has 0 atom stereocenters. The lowest BCUT2D eigenvalue weighted by Crippen LogP contribution is -2.30. The number of methoxy groups -OCH3 is 2. The molecule has 7 nitrogen and oxygen atoms in total. The zero-order valence-corrected chi connectivity index (χ0v) is 15.7. The fraction of sp³-hybridized carbons (Fsp3) is 0.190. The highest BCUT2D eigenvalue weighted by Gasteiger charge is 2.19. The number of carbonyl (C=O) groups excluding carboxylic acids is 2. The van der Waals surface area contributed by atoms with Crippen LogP contribution in [-0.4, -0.2) is 42.4 Å². The molecule has 0 spiro atoms. The molecule has 0 aliphatic carbocycles. The summed E-state index contributed by atoms with van der Waals surface area (Å²) in [5.41, 5.74) is 2.74. The number of benzene rings is 2. The summed E-state index contributed by atoms with van der Waals surface area (Å²) in [5, 5.41) is 7.17. The molecule has 7 heteroatoms. The molecule has 0 aliphatic heterocycles. The van der Waals surface area contributed by atoms with Crippen molar-refractivity contribution < 1.29 is 19.1 Å². The summed E-state index contributed by atoms with van der Waals surface area (Å²) >= 11 is 0. The Morgan fingerprint density at radius 3 is 2.39 bits per heavy atom. The van der Waals surface area contributed by atoms with Crippen molar-refractivity contribution >= 4 is 11.9 Å². The number of amides is 1. The zero-order chi connectivity index (χ0) is 19.9. The minimum Gasteiger partial charge on any atom is -0.497 e. The van der Waals surface area contributed by atoms with Crippen LogP contribution in [0.1, 0.15) is 15.9 Å². The summed E-state index contributed by atoms with van der Waals surface area (Å²) in [7, 11) is 2.87. The van der Waals surface area contributed by atoms with Crippen molar-refractivity contribution in [3.8, 4) is 17.0 Å². The highest BCUT2D eigenvalue weighted by molar-refractivity contribution is 6.01. The summed E-state index contributed by atoms with van der Waals surface area (Å²) in [6, 6.07) is 17.1. The predicted molar refractivity (Wildman–Crippen MR) is 104 cm³/mol. The molecule has 1 heterocycles. The van der Waals surface area contributed by atoms with E-state index in [0.29, 0.717) is 23.6 Å². The second-order valence-corrected chi connectivity index (χ2v) is 6.06. The summed E-state index contributed by atoms with van der Waals surface area (Å²) in [5.74, 6) is -0.198. The largest absolute Gasteiger partial charge is 0.497 e. The maximum Gasteiger partial charge on any atom is 0.325 e. The van der Waals surface area contributed by atoms with Crippen LogP contribution in [-0.2, 0) is 16.1 Å². The Hall–Kier alpha value is -3.61. The Kier molecular flexibility index (Phi) is 6.06. The number of nitrogens with zero attached hydrogens (tertiary/aromatic N) is 2. The highest BCUT2D eigenvalue weighted by Crippen LogP contribution is 2.25. The summed E-state index contributed by atoms with van der Waals surface area (Å²) in [4.78, 5) is 24.0. The molecule has 0 radical (unpaired) electrons. The molecule has 0 bridgehead atoms. The van der Waals surface area contributed by atoms with E-state index in [9.17, 15) is 9.59 Å². The molecular weight excluding hydrogens is 358 g/mol. The van der Waals surface area contributed by atoms with Gasteiger partial charge >= 0.3 is 5.97 Å². The van der Waals surface area contributed by atoms with E-state index >= 15 is 0 Å². The van der Waals surface area contributed by atoms with E-state index < -0.39 is 11.9 Å². The topological polar surface area (TPSA) is 82.5 Å². The number of hydrogen-bond donors (Lipinski definition) is 1. The van der Waals surface area contributed by atoms with Gasteiger partial charge in [0, 0.05) is 11.8 Å². The molecule has 0 unspecified atom stereocenters. The molecule has 144 valence electrons. The van der Waals surface area contributed by atoms with Crippen molar-refractivity contribution in [3.05, 3.63) is 71.9 Å². The van der Waals surface area contributed by atoms with Gasteiger partial charge in [-0.05, 0) is 29.8 Å². The van der Waals surface area contributed by atoms with E-state index in [0.717, 1.165) is 11.1 Å². The number of hydrogen-bond acceptors (Lipinski definition) is 5. The lowest BCUT2D eigenvalue weighted by molar-refractivity contribution is -0.139. The molecule has 0 fully saturated rings. The molecule has 1 aromatic heterocycles. The van der Waals surface area contributed by atoms with Crippen LogP contribution in [0.3, 0.4) is 0 Å². The van der Waals surface area contributed by atoms with Crippen LogP contribution in [0.25, 0.3) is 11.3 Å². The summed E-state index contributed by atoms with van der Waals surface area (Å²) < 4.78 is 11.5. The van der Waals surface area contributed by atoms with Crippen molar-refractivity contribution in [2.45, 2.75) is 6.54 Å². The van der Waals surface area contributed by atoms with Crippen LogP contribution in [0, 0.1) is 0 Å². The van der Waals surface area contributed by atoms with Crippen LogP contribution < -0.4 is 10.1 Å². The lowest BCUT2D eigenvalue weighted by atomic mass is 10.1. The van der Waals surface area contributed by atoms with E-state index in [1.807, 2.05) is 54.6 Å². The highest BCUT2D eigenvalue weighted by atomic mass is 16.5. The van der Waals surface area contributed by atoms with E-state index in [1.165, 1.54) is 7.11 Å². The fourth-order valence-corrected chi connectivity index (χ4v) is 2.72. The van der Waals surface area contributed by atoms with Gasteiger partial charge < -0.3 is 14.8 Å². The number of ether oxygens (including phenoxy) is 2. The van der Waals surface area contributed by atoms with Crippen molar-refractivity contribution in [1.29, 1.82) is 0 Å². The number of esters is 1. The van der Waals surface area contributed by atoms with Crippen LogP contribution >= 0.6 is 0 Å². The first-order chi connectivity index (χ1) is 13.6. The van der Waals surface area contributed by atoms with Crippen LogP contribution in [0.5, 0.6) is 5.75 Å². The van der Waals surface area contributed by atoms with Gasteiger partial charge in [-0.2, -0.15) is 5.10 Å². The molecule has 3 aromatic rings. The average Bonchev–Trinajstić information content (AvgIpc) is 3.16. The minimum absolute atomic E-state index is 0.207. The molecule has 3 rings (SSSR count). The van der Waals surface area contributed by atoms with Gasteiger partial charge in [0.05, 0.1) is 26.3 Å². The second kappa shape index (κ2) is 8.85. The maximum atomic E-state index is 12.7. The third-order valence-corrected chi connectivity index (χ3v) is 4.18. The normalized spacial score (nSPS) is 10.4. The first-order valence-corrected chi connectivity index (χ1v) is 8.71. The van der Waals surface area contributed by atoms with E-state index in [-0.39, 0.29) is 6.54 Å². The molecule has 28 heavy (non-hydrogen) atoms. The average molecular weight is 379 g/mol. The van der Waals surface area contributed by atoms with Crippen LogP contribution in [0.4, 0.5) is 0 Å². The first-order valence-electron chi connectivity index (χ1n) is 8.71. The molecule has 0 saturated heterocycles. The Labute approximate surface area is 162 Å². The van der Waals surface area contributed by atoms with Crippen molar-refractivity contribution in [2.24, 2.45) is 0 Å². The Bertz CT molecular complexity index is 950. The third kappa shape index (κ3) is 4.56. The predicted octanol–water partition coefficient (Wildman–Crippen LogP) is 2.51. The van der Waals surface area contributed by atoms with Crippen molar-refractivity contribution in [1.82, 2.24) is 15.1 Å². The van der Waals surface area contributed by atoms with Gasteiger partial charge in [0.15, 0.2) is 0 Å². The number of aromatic nitrogens is 2. The van der Waals surface area contributed by atoms with Gasteiger partial charge in [-0.3, -0.25) is 14.3 Å². The maximum absolute atomic E-state index is 12.7. The van der Waals surface area contributed by atoms with Gasteiger partial charge in [0.2, 0.25) is 0 Å². The standard InChI is InChI=1S/C21H21N3O4/c1-27-17-10-8-16(9-11-17)20-18(21(26)22-12-19(25)28-2)14-24(23-20)13-15-6-4-3-5-7-15/h3-11,14H,12-13H2,1-2H3,(H,22,26). The van der Waals surface area contributed by atoms with Gasteiger partial charge in [-0.1, -0.05) is 30.3 Å². The minimum atomic E-state index is -0.518. The van der Waals surface area contributed by atoms with E-state index in [2.05, 4.69) is 15.2 Å². The second-order valence-electron chi connectivity index (χ2n) is 6.06. The lowest BCUT2D eigenvalue weighted by Gasteiger charge is -2.05. The Balaban J connectivity index is 1.92. The molecule has 0 aliphatic rings. The smallest absolute Gasteiger partial charge is 0.325 e. The number of nitrogens with one attached hydrogen (secondary N) is 1. The fourth-order valence-electron chi connectivity index (χ4n) is 2.72. The van der Waals surface area contributed by atoms with Gasteiger partial charge in [-0.15, -0.1) is 0 Å². The molecule has 1 amide bonds. The van der Waals surface area contributed by atoms with Crippen LogP contribution in [0.2, 0.25) is 0 Å². The zero-order valence-electron chi connectivity index (χ0n) is 15.7. The van der Waals surface area contributed by atoms with E-state index in [4.69, 9.17) is 4.74 Å². The summed E-state index contributed by atoms with van der Waals surface area (Å²) in [6.45, 7) is 0.315. The van der Waals surface area contributed by atoms with Crippen molar-refractivity contribution in [3.63, 3.8) is 0 Å². The summed E-state index contributed by atoms with van der Waals surface area (Å²) in [6.07, 6.45) is 1.68. The molecule has 2 aromatic carbocycles.